The summed E-state index contributed by atoms with van der Waals surface area (Å²) in [7, 11) is 2.24. The molecule has 2 atom stereocenters. The average molecular weight is 352 g/mol. The van der Waals surface area contributed by atoms with E-state index in [2.05, 4.69) is 70.1 Å². The van der Waals surface area contributed by atoms with E-state index >= 15 is 0 Å². The lowest BCUT2D eigenvalue weighted by Gasteiger charge is -2.44. The van der Waals surface area contributed by atoms with Crippen LogP contribution in [0.4, 0.5) is 5.69 Å². The fraction of sp³-hybridized carbons (Fsp3) is 0.647. The van der Waals surface area contributed by atoms with Crippen LogP contribution < -0.4 is 10.2 Å². The second kappa shape index (κ2) is 6.27. The van der Waals surface area contributed by atoms with Gasteiger partial charge in [0.25, 0.3) is 0 Å². The minimum Gasteiger partial charge on any atom is -0.368 e. The first kappa shape index (κ1) is 15.3. The van der Waals surface area contributed by atoms with Gasteiger partial charge in [0, 0.05) is 47.9 Å². The van der Waals surface area contributed by atoms with Crippen LogP contribution in [0.3, 0.4) is 0 Å². The number of rotatable bonds is 4. The summed E-state index contributed by atoms with van der Waals surface area (Å²) in [5, 5.41) is 3.65. The SMILES string of the molecule is CC1CN(c2cc(Br)ccc2CNC2CC2)CC(C)N1C. The molecule has 1 heterocycles. The van der Waals surface area contributed by atoms with Crippen LogP contribution >= 0.6 is 15.9 Å². The number of benzene rings is 1. The summed E-state index contributed by atoms with van der Waals surface area (Å²) in [4.78, 5) is 5.04. The van der Waals surface area contributed by atoms with Crippen molar-refractivity contribution >= 4 is 21.6 Å². The molecule has 3 rings (SSSR count). The lowest BCUT2D eigenvalue weighted by Crippen LogP contribution is -2.55. The second-order valence-corrected chi connectivity index (χ2v) is 7.61. The van der Waals surface area contributed by atoms with Crippen molar-refractivity contribution in [2.75, 3.05) is 25.0 Å². The van der Waals surface area contributed by atoms with Crippen LogP contribution in [0.5, 0.6) is 0 Å². The molecule has 3 nitrogen and oxygen atoms in total. The maximum Gasteiger partial charge on any atom is 0.0424 e. The summed E-state index contributed by atoms with van der Waals surface area (Å²) in [6, 6.07) is 8.66. The van der Waals surface area contributed by atoms with Gasteiger partial charge in [0.05, 0.1) is 0 Å². The van der Waals surface area contributed by atoms with Crippen molar-refractivity contribution in [2.45, 2.75) is 51.4 Å². The third-order valence-corrected chi connectivity index (χ3v) is 5.40. The van der Waals surface area contributed by atoms with Gasteiger partial charge < -0.3 is 10.2 Å². The summed E-state index contributed by atoms with van der Waals surface area (Å²) < 4.78 is 1.17. The van der Waals surface area contributed by atoms with Gasteiger partial charge in [-0.05, 0) is 51.4 Å². The quantitative estimate of drug-likeness (QED) is 0.898. The summed E-state index contributed by atoms with van der Waals surface area (Å²) in [5.74, 6) is 0. The highest BCUT2D eigenvalue weighted by Gasteiger charge is 2.28. The van der Waals surface area contributed by atoms with Gasteiger partial charge in [-0.1, -0.05) is 22.0 Å². The molecule has 0 radical (unpaired) electrons. The van der Waals surface area contributed by atoms with Crippen LogP contribution in [-0.2, 0) is 6.54 Å². The van der Waals surface area contributed by atoms with Crippen molar-refractivity contribution in [3.8, 4) is 0 Å². The molecule has 1 saturated heterocycles. The number of piperazine rings is 1. The van der Waals surface area contributed by atoms with Gasteiger partial charge in [-0.2, -0.15) is 0 Å². The molecule has 0 bridgehead atoms. The molecule has 2 fully saturated rings. The molecule has 1 aromatic carbocycles. The Balaban J connectivity index is 1.80. The number of likely N-dealkylation sites (N-methyl/N-ethyl adjacent to an activating group) is 1. The van der Waals surface area contributed by atoms with Crippen LogP contribution in [-0.4, -0.2) is 43.2 Å². The number of hydrogen-bond donors (Lipinski definition) is 1. The Labute approximate surface area is 136 Å². The Bertz CT molecular complexity index is 489. The maximum atomic E-state index is 3.65. The fourth-order valence-corrected chi connectivity index (χ4v) is 3.47. The normalized spacial score (nSPS) is 27.1. The van der Waals surface area contributed by atoms with Gasteiger partial charge in [-0.25, -0.2) is 0 Å². The van der Waals surface area contributed by atoms with Gasteiger partial charge in [0.15, 0.2) is 0 Å². The molecule has 2 unspecified atom stereocenters. The average Bonchev–Trinajstić information content (AvgIpc) is 3.27. The molecule has 116 valence electrons. The predicted molar refractivity (Wildman–Crippen MR) is 92.9 cm³/mol. The van der Waals surface area contributed by atoms with Crippen molar-refractivity contribution in [3.63, 3.8) is 0 Å². The fourth-order valence-electron chi connectivity index (χ4n) is 3.12. The van der Waals surface area contributed by atoms with Crippen LogP contribution in [0.2, 0.25) is 0 Å². The van der Waals surface area contributed by atoms with E-state index in [1.807, 2.05) is 0 Å². The highest BCUT2D eigenvalue weighted by atomic mass is 79.9. The summed E-state index contributed by atoms with van der Waals surface area (Å²) in [6.07, 6.45) is 2.68. The van der Waals surface area contributed by atoms with E-state index in [9.17, 15) is 0 Å². The highest BCUT2D eigenvalue weighted by molar-refractivity contribution is 9.10. The molecule has 21 heavy (non-hydrogen) atoms. The Kier molecular flexibility index (Phi) is 4.57. The molecule has 1 aliphatic carbocycles. The molecule has 1 saturated carbocycles. The van der Waals surface area contributed by atoms with Gasteiger partial charge >= 0.3 is 0 Å². The molecule has 1 aromatic rings. The standard InChI is InChI=1S/C17H26BrN3/c1-12-10-21(11-13(2)20(12)3)17-8-15(18)5-4-14(17)9-19-16-6-7-16/h4-5,8,12-13,16,19H,6-7,9-11H2,1-3H3. The summed E-state index contributed by atoms with van der Waals surface area (Å²) in [6.45, 7) is 7.84. The van der Waals surface area contributed by atoms with Crippen molar-refractivity contribution < 1.29 is 0 Å². The molecule has 4 heteroatoms. The molecule has 1 N–H and O–H groups in total. The largest absolute Gasteiger partial charge is 0.368 e. The van der Waals surface area contributed by atoms with E-state index in [1.54, 1.807) is 0 Å². The van der Waals surface area contributed by atoms with E-state index in [-0.39, 0.29) is 0 Å². The van der Waals surface area contributed by atoms with Crippen molar-refractivity contribution in [1.29, 1.82) is 0 Å². The van der Waals surface area contributed by atoms with Crippen LogP contribution in [0, 0.1) is 0 Å². The Hall–Kier alpha value is -0.580. The second-order valence-electron chi connectivity index (χ2n) is 6.70. The van der Waals surface area contributed by atoms with Crippen molar-refractivity contribution in [2.24, 2.45) is 0 Å². The number of halogens is 1. The van der Waals surface area contributed by atoms with Gasteiger partial charge in [0.2, 0.25) is 0 Å². The first-order chi connectivity index (χ1) is 10.0. The van der Waals surface area contributed by atoms with Gasteiger partial charge in [-0.15, -0.1) is 0 Å². The van der Waals surface area contributed by atoms with Crippen molar-refractivity contribution in [1.82, 2.24) is 10.2 Å². The zero-order valence-electron chi connectivity index (χ0n) is 13.3. The minimum absolute atomic E-state index is 0.594. The first-order valence-electron chi connectivity index (χ1n) is 8.03. The smallest absolute Gasteiger partial charge is 0.0424 e. The molecular weight excluding hydrogens is 326 g/mol. The number of hydrogen-bond acceptors (Lipinski definition) is 3. The summed E-state index contributed by atoms with van der Waals surface area (Å²) >= 11 is 3.64. The molecule has 0 aromatic heterocycles. The van der Waals surface area contributed by atoms with Crippen molar-refractivity contribution in [3.05, 3.63) is 28.2 Å². The minimum atomic E-state index is 0.594. The van der Waals surface area contributed by atoms with E-state index in [4.69, 9.17) is 0 Å². The third kappa shape index (κ3) is 3.61. The van der Waals surface area contributed by atoms with Crippen LogP contribution in [0.15, 0.2) is 22.7 Å². The van der Waals surface area contributed by atoms with E-state index in [0.717, 1.165) is 25.7 Å². The molecule has 0 amide bonds. The maximum absolute atomic E-state index is 3.65. The van der Waals surface area contributed by atoms with E-state index in [1.165, 1.54) is 28.6 Å². The number of nitrogens with one attached hydrogen (secondary N) is 1. The zero-order chi connectivity index (χ0) is 15.0. The lowest BCUT2D eigenvalue weighted by molar-refractivity contribution is 0.170. The molecule has 0 spiro atoms. The molecule has 2 aliphatic rings. The molecule has 1 aliphatic heterocycles. The van der Waals surface area contributed by atoms with E-state index < -0.39 is 0 Å². The van der Waals surface area contributed by atoms with Crippen LogP contribution in [0.1, 0.15) is 32.3 Å². The number of anilines is 1. The highest BCUT2D eigenvalue weighted by Crippen LogP contribution is 2.29. The van der Waals surface area contributed by atoms with E-state index in [0.29, 0.717) is 12.1 Å². The number of nitrogens with zero attached hydrogens (tertiary/aromatic N) is 2. The lowest BCUT2D eigenvalue weighted by atomic mass is 10.1. The Morgan fingerprint density at radius 1 is 1.19 bits per heavy atom. The van der Waals surface area contributed by atoms with Gasteiger partial charge in [0.1, 0.15) is 0 Å². The molecular formula is C17H26BrN3. The Morgan fingerprint density at radius 3 is 2.48 bits per heavy atom. The summed E-state index contributed by atoms with van der Waals surface area (Å²) in [5.41, 5.74) is 2.82. The van der Waals surface area contributed by atoms with Gasteiger partial charge in [-0.3, -0.25) is 4.90 Å². The Morgan fingerprint density at radius 2 is 1.86 bits per heavy atom. The third-order valence-electron chi connectivity index (χ3n) is 4.91. The topological polar surface area (TPSA) is 18.5 Å². The predicted octanol–water partition coefficient (Wildman–Crippen LogP) is 3.23. The zero-order valence-corrected chi connectivity index (χ0v) is 14.9. The van der Waals surface area contributed by atoms with Crippen LogP contribution in [0.25, 0.3) is 0 Å². The first-order valence-corrected chi connectivity index (χ1v) is 8.82. The monoisotopic (exact) mass is 351 g/mol.